The van der Waals surface area contributed by atoms with Crippen LogP contribution in [-0.4, -0.2) is 64.7 Å². The van der Waals surface area contributed by atoms with Crippen molar-refractivity contribution in [3.8, 4) is 5.75 Å². The summed E-state index contributed by atoms with van der Waals surface area (Å²) in [5, 5.41) is 4.43. The first kappa shape index (κ1) is 22.8. The van der Waals surface area contributed by atoms with Gasteiger partial charge in [-0.05, 0) is 56.4 Å². The number of aromatic nitrogens is 2. The Hall–Kier alpha value is -2.83. The van der Waals surface area contributed by atoms with E-state index in [0.29, 0.717) is 51.9 Å². The summed E-state index contributed by atoms with van der Waals surface area (Å²) >= 11 is 0. The van der Waals surface area contributed by atoms with Gasteiger partial charge in [0.1, 0.15) is 5.75 Å². The quantitative estimate of drug-likeness (QED) is 0.683. The molecule has 0 radical (unpaired) electrons. The molecular weight excluding hydrogens is 392 g/mol. The molecule has 1 aromatic carbocycles. The number of hydrogen-bond donors (Lipinski definition) is 0. The highest BCUT2D eigenvalue weighted by atomic mass is 16.5. The fraction of sp³-hybridized carbons (Fsp3) is 0.542. The third-order valence-corrected chi connectivity index (χ3v) is 6.24. The van der Waals surface area contributed by atoms with Gasteiger partial charge in [-0.15, -0.1) is 0 Å². The second-order valence-corrected chi connectivity index (χ2v) is 8.24. The number of hydrogen-bond acceptors (Lipinski definition) is 4. The molecule has 2 amide bonds. The summed E-state index contributed by atoms with van der Waals surface area (Å²) in [6, 6.07) is 7.84. The maximum absolute atomic E-state index is 12.8. The van der Waals surface area contributed by atoms with E-state index in [1.807, 2.05) is 59.6 Å². The smallest absolute Gasteiger partial charge is 0.222 e. The van der Waals surface area contributed by atoms with Crippen LogP contribution in [0.15, 0.2) is 24.3 Å². The van der Waals surface area contributed by atoms with Crippen molar-refractivity contribution in [2.24, 2.45) is 7.05 Å². The van der Waals surface area contributed by atoms with Gasteiger partial charge in [-0.3, -0.25) is 14.3 Å². The summed E-state index contributed by atoms with van der Waals surface area (Å²) in [5.41, 5.74) is 4.41. The van der Waals surface area contributed by atoms with Crippen molar-refractivity contribution in [3.05, 3.63) is 46.8 Å². The number of ether oxygens (including phenoxy) is 1. The highest BCUT2D eigenvalue weighted by Gasteiger charge is 2.22. The van der Waals surface area contributed by atoms with Crippen molar-refractivity contribution in [1.82, 2.24) is 19.6 Å². The number of amides is 2. The molecule has 0 bridgehead atoms. The first-order chi connectivity index (χ1) is 14.9. The predicted octanol–water partition coefficient (Wildman–Crippen LogP) is 2.67. The van der Waals surface area contributed by atoms with E-state index in [4.69, 9.17) is 4.74 Å². The average Bonchev–Trinajstić information content (AvgIpc) is 2.95. The van der Waals surface area contributed by atoms with E-state index in [1.165, 1.54) is 5.56 Å². The Morgan fingerprint density at radius 1 is 0.935 bits per heavy atom. The summed E-state index contributed by atoms with van der Waals surface area (Å²) in [4.78, 5) is 29.3. The molecule has 7 heteroatoms. The summed E-state index contributed by atoms with van der Waals surface area (Å²) in [6.07, 6.45) is 3.22. The molecule has 31 heavy (non-hydrogen) atoms. The minimum atomic E-state index is 0.159. The molecule has 3 rings (SSSR count). The van der Waals surface area contributed by atoms with Crippen LogP contribution in [0, 0.1) is 13.8 Å². The Morgan fingerprint density at radius 2 is 1.52 bits per heavy atom. The number of rotatable bonds is 7. The van der Waals surface area contributed by atoms with Gasteiger partial charge in [0.25, 0.3) is 0 Å². The maximum atomic E-state index is 12.8. The summed E-state index contributed by atoms with van der Waals surface area (Å²) in [5.74, 6) is 1.14. The maximum Gasteiger partial charge on any atom is 0.222 e. The standard InChI is InChI=1S/C24H34N4O3/c1-18-22(19(2)26(3)25-18)11-13-24(30)28-15-5-14-27(16-17-28)23(29)12-8-20-6-9-21(31-4)10-7-20/h6-7,9-10H,5,8,11-17H2,1-4H3. The zero-order valence-corrected chi connectivity index (χ0v) is 19.2. The molecule has 0 spiro atoms. The number of benzene rings is 1. The molecule has 1 saturated heterocycles. The Kier molecular flexibility index (Phi) is 7.71. The molecule has 0 atom stereocenters. The molecular formula is C24H34N4O3. The Bertz CT molecular complexity index is 904. The van der Waals surface area contributed by atoms with Crippen LogP contribution >= 0.6 is 0 Å². The summed E-state index contributed by atoms with van der Waals surface area (Å²) in [6.45, 7) is 6.68. The SMILES string of the molecule is COc1ccc(CCC(=O)N2CCCN(C(=O)CCc3c(C)nn(C)c3C)CC2)cc1. The van der Waals surface area contributed by atoms with E-state index in [1.54, 1.807) is 7.11 Å². The lowest BCUT2D eigenvalue weighted by Crippen LogP contribution is -2.37. The fourth-order valence-corrected chi connectivity index (χ4v) is 4.19. The highest BCUT2D eigenvalue weighted by molar-refractivity contribution is 5.78. The predicted molar refractivity (Wildman–Crippen MR) is 120 cm³/mol. The van der Waals surface area contributed by atoms with Crippen LogP contribution in [0.1, 0.15) is 41.8 Å². The van der Waals surface area contributed by atoms with E-state index >= 15 is 0 Å². The zero-order valence-electron chi connectivity index (χ0n) is 19.2. The largest absolute Gasteiger partial charge is 0.497 e. The summed E-state index contributed by atoms with van der Waals surface area (Å²) < 4.78 is 7.05. The number of methoxy groups -OCH3 is 1. The monoisotopic (exact) mass is 426 g/mol. The van der Waals surface area contributed by atoms with Gasteiger partial charge in [0, 0.05) is 51.8 Å². The van der Waals surface area contributed by atoms with Crippen LogP contribution in [0.4, 0.5) is 0 Å². The van der Waals surface area contributed by atoms with Crippen molar-refractivity contribution in [3.63, 3.8) is 0 Å². The van der Waals surface area contributed by atoms with Crippen LogP contribution in [0.2, 0.25) is 0 Å². The van der Waals surface area contributed by atoms with E-state index in [2.05, 4.69) is 5.10 Å². The second kappa shape index (κ2) is 10.5. The Morgan fingerprint density at radius 3 is 2.03 bits per heavy atom. The van der Waals surface area contributed by atoms with E-state index < -0.39 is 0 Å². The molecule has 0 saturated carbocycles. The van der Waals surface area contributed by atoms with Crippen molar-refractivity contribution in [2.75, 3.05) is 33.3 Å². The topological polar surface area (TPSA) is 67.7 Å². The second-order valence-electron chi connectivity index (χ2n) is 8.24. The molecule has 1 aliphatic heterocycles. The van der Waals surface area contributed by atoms with Crippen LogP contribution in [0.5, 0.6) is 5.75 Å². The van der Waals surface area contributed by atoms with Crippen LogP contribution < -0.4 is 4.74 Å². The number of nitrogens with zero attached hydrogens (tertiary/aromatic N) is 4. The molecule has 1 aromatic heterocycles. The molecule has 168 valence electrons. The van der Waals surface area contributed by atoms with E-state index in [9.17, 15) is 9.59 Å². The molecule has 2 aromatic rings. The molecule has 7 nitrogen and oxygen atoms in total. The van der Waals surface area contributed by atoms with Gasteiger partial charge < -0.3 is 14.5 Å². The summed E-state index contributed by atoms with van der Waals surface area (Å²) in [7, 11) is 3.58. The average molecular weight is 427 g/mol. The normalized spacial score (nSPS) is 14.5. The fourth-order valence-electron chi connectivity index (χ4n) is 4.19. The zero-order chi connectivity index (χ0) is 22.4. The molecule has 0 aliphatic carbocycles. The Labute approximate surface area is 185 Å². The van der Waals surface area contributed by atoms with Gasteiger partial charge in [-0.2, -0.15) is 5.10 Å². The molecule has 0 unspecified atom stereocenters. The highest BCUT2D eigenvalue weighted by Crippen LogP contribution is 2.16. The number of carbonyl (C=O) groups excluding carboxylic acids is 2. The molecule has 0 N–H and O–H groups in total. The van der Waals surface area contributed by atoms with Crippen molar-refractivity contribution >= 4 is 11.8 Å². The minimum Gasteiger partial charge on any atom is -0.497 e. The van der Waals surface area contributed by atoms with Gasteiger partial charge in [0.15, 0.2) is 0 Å². The van der Waals surface area contributed by atoms with Crippen molar-refractivity contribution in [2.45, 2.75) is 46.0 Å². The van der Waals surface area contributed by atoms with Gasteiger partial charge in [-0.25, -0.2) is 0 Å². The molecule has 1 fully saturated rings. The third kappa shape index (κ3) is 5.87. The lowest BCUT2D eigenvalue weighted by molar-refractivity contribution is -0.133. The first-order valence-corrected chi connectivity index (χ1v) is 11.1. The Balaban J connectivity index is 1.46. The lowest BCUT2D eigenvalue weighted by Gasteiger charge is -2.22. The van der Waals surface area contributed by atoms with Gasteiger partial charge in [-0.1, -0.05) is 12.1 Å². The van der Waals surface area contributed by atoms with Gasteiger partial charge >= 0.3 is 0 Å². The lowest BCUT2D eigenvalue weighted by atomic mass is 10.1. The van der Waals surface area contributed by atoms with E-state index in [0.717, 1.165) is 29.1 Å². The van der Waals surface area contributed by atoms with Crippen molar-refractivity contribution in [1.29, 1.82) is 0 Å². The van der Waals surface area contributed by atoms with Gasteiger partial charge in [0.2, 0.25) is 11.8 Å². The van der Waals surface area contributed by atoms with E-state index in [-0.39, 0.29) is 11.8 Å². The van der Waals surface area contributed by atoms with Crippen molar-refractivity contribution < 1.29 is 14.3 Å². The molecule has 2 heterocycles. The van der Waals surface area contributed by atoms with Crippen LogP contribution in [-0.2, 0) is 29.5 Å². The number of aryl methyl sites for hydroxylation is 3. The molecule has 1 aliphatic rings. The van der Waals surface area contributed by atoms with Crippen LogP contribution in [0.3, 0.4) is 0 Å². The van der Waals surface area contributed by atoms with Crippen LogP contribution in [0.25, 0.3) is 0 Å². The van der Waals surface area contributed by atoms with Gasteiger partial charge in [0.05, 0.1) is 12.8 Å². The third-order valence-electron chi connectivity index (χ3n) is 6.24. The minimum absolute atomic E-state index is 0.159. The number of carbonyl (C=O) groups is 2. The first-order valence-electron chi connectivity index (χ1n) is 11.1.